The van der Waals surface area contributed by atoms with Crippen molar-refractivity contribution in [3.8, 4) is 0 Å². The lowest BCUT2D eigenvalue weighted by Gasteiger charge is -2.35. The van der Waals surface area contributed by atoms with Crippen LogP contribution >= 0.6 is 11.3 Å². The van der Waals surface area contributed by atoms with Crippen molar-refractivity contribution in [3.05, 3.63) is 16.6 Å². The molecule has 0 radical (unpaired) electrons. The van der Waals surface area contributed by atoms with Gasteiger partial charge in [0.2, 0.25) is 11.8 Å². The number of morpholine rings is 1. The average molecular weight is 338 g/mol. The molecule has 2 aliphatic heterocycles. The summed E-state index contributed by atoms with van der Waals surface area (Å²) in [5.41, 5.74) is 5.38. The first-order valence-electron chi connectivity index (χ1n) is 7.94. The fourth-order valence-electron chi connectivity index (χ4n) is 3.12. The monoisotopic (exact) mass is 338 g/mol. The first kappa shape index (κ1) is 16.4. The van der Waals surface area contributed by atoms with Crippen LogP contribution in [0.2, 0.25) is 0 Å². The Morgan fingerprint density at radius 2 is 2.26 bits per heavy atom. The Labute approximate surface area is 139 Å². The SMILES string of the molecule is NC(=O)C1CCCN(C(=O)CN2CCOC(c3nccs3)C2)C1. The van der Waals surface area contributed by atoms with Crippen LogP contribution in [0.4, 0.5) is 0 Å². The van der Waals surface area contributed by atoms with E-state index < -0.39 is 0 Å². The molecular weight excluding hydrogens is 316 g/mol. The summed E-state index contributed by atoms with van der Waals surface area (Å²) in [6.07, 6.45) is 3.33. The van der Waals surface area contributed by atoms with Gasteiger partial charge in [-0.1, -0.05) is 0 Å². The van der Waals surface area contributed by atoms with E-state index in [1.807, 2.05) is 5.38 Å². The Hall–Kier alpha value is -1.51. The molecule has 2 saturated heterocycles. The Balaban J connectivity index is 1.54. The maximum atomic E-state index is 12.5. The zero-order chi connectivity index (χ0) is 16.2. The van der Waals surface area contributed by atoms with Gasteiger partial charge in [0, 0.05) is 37.8 Å². The molecule has 126 valence electrons. The third kappa shape index (κ3) is 4.07. The number of likely N-dealkylation sites (tertiary alicyclic amines) is 1. The fourth-order valence-corrected chi connectivity index (χ4v) is 3.79. The quantitative estimate of drug-likeness (QED) is 0.849. The lowest BCUT2D eigenvalue weighted by molar-refractivity contribution is -0.137. The summed E-state index contributed by atoms with van der Waals surface area (Å²) in [6, 6.07) is 0. The molecule has 0 aromatic carbocycles. The number of carbonyl (C=O) groups excluding carboxylic acids is 2. The van der Waals surface area contributed by atoms with E-state index in [1.165, 1.54) is 0 Å². The Morgan fingerprint density at radius 1 is 1.39 bits per heavy atom. The van der Waals surface area contributed by atoms with Crippen LogP contribution < -0.4 is 5.73 Å². The number of primary amides is 1. The van der Waals surface area contributed by atoms with E-state index in [0.717, 1.165) is 24.4 Å². The van der Waals surface area contributed by atoms with Crippen molar-refractivity contribution in [1.82, 2.24) is 14.8 Å². The van der Waals surface area contributed by atoms with E-state index in [0.29, 0.717) is 32.8 Å². The van der Waals surface area contributed by atoms with Crippen molar-refractivity contribution >= 4 is 23.2 Å². The van der Waals surface area contributed by atoms with Gasteiger partial charge in [0.15, 0.2) is 0 Å². The average Bonchev–Trinajstić information content (AvgIpc) is 3.10. The summed E-state index contributed by atoms with van der Waals surface area (Å²) in [5.74, 6) is -0.450. The third-order valence-electron chi connectivity index (χ3n) is 4.41. The number of amides is 2. The zero-order valence-electron chi connectivity index (χ0n) is 13.0. The van der Waals surface area contributed by atoms with Crippen LogP contribution in [0.3, 0.4) is 0 Å². The van der Waals surface area contributed by atoms with Gasteiger partial charge in [-0.05, 0) is 12.8 Å². The molecule has 2 aliphatic rings. The van der Waals surface area contributed by atoms with Gasteiger partial charge in [0.25, 0.3) is 0 Å². The van der Waals surface area contributed by atoms with E-state index in [4.69, 9.17) is 10.5 Å². The smallest absolute Gasteiger partial charge is 0.236 e. The highest BCUT2D eigenvalue weighted by Crippen LogP contribution is 2.24. The van der Waals surface area contributed by atoms with E-state index in [1.54, 1.807) is 22.4 Å². The second-order valence-electron chi connectivity index (χ2n) is 6.05. The first-order chi connectivity index (χ1) is 11.1. The summed E-state index contributed by atoms with van der Waals surface area (Å²) in [4.78, 5) is 32.0. The van der Waals surface area contributed by atoms with Crippen LogP contribution in [0.1, 0.15) is 24.0 Å². The molecule has 0 aliphatic carbocycles. The van der Waals surface area contributed by atoms with Gasteiger partial charge in [-0.3, -0.25) is 14.5 Å². The van der Waals surface area contributed by atoms with Gasteiger partial charge in [0.05, 0.1) is 19.1 Å². The van der Waals surface area contributed by atoms with E-state index in [9.17, 15) is 9.59 Å². The summed E-state index contributed by atoms with van der Waals surface area (Å²) in [5, 5.41) is 2.88. The molecule has 1 aromatic heterocycles. The number of piperidine rings is 1. The third-order valence-corrected chi connectivity index (χ3v) is 5.28. The number of hydrogen-bond acceptors (Lipinski definition) is 6. The molecular formula is C15H22N4O3S. The van der Waals surface area contributed by atoms with Gasteiger partial charge in [-0.25, -0.2) is 4.98 Å². The van der Waals surface area contributed by atoms with Gasteiger partial charge in [-0.15, -0.1) is 11.3 Å². The Kier molecular flexibility index (Phi) is 5.24. The standard InChI is InChI=1S/C15H22N4O3S/c16-14(21)11-2-1-4-19(8-11)13(20)10-18-5-6-22-12(9-18)15-17-3-7-23-15/h3,7,11-12H,1-2,4-6,8-10H2,(H2,16,21). The van der Waals surface area contributed by atoms with E-state index >= 15 is 0 Å². The number of aromatic nitrogens is 1. The van der Waals surface area contributed by atoms with Gasteiger partial charge in [-0.2, -0.15) is 0 Å². The molecule has 3 rings (SSSR count). The van der Waals surface area contributed by atoms with Crippen molar-refractivity contribution in [2.45, 2.75) is 18.9 Å². The lowest BCUT2D eigenvalue weighted by atomic mass is 9.97. The maximum absolute atomic E-state index is 12.5. The highest BCUT2D eigenvalue weighted by molar-refractivity contribution is 7.09. The van der Waals surface area contributed by atoms with Crippen LogP contribution in [0.15, 0.2) is 11.6 Å². The van der Waals surface area contributed by atoms with Crippen molar-refractivity contribution < 1.29 is 14.3 Å². The van der Waals surface area contributed by atoms with Gasteiger partial charge < -0.3 is 15.4 Å². The van der Waals surface area contributed by atoms with Crippen molar-refractivity contribution in [2.75, 3.05) is 39.3 Å². The molecule has 3 heterocycles. The molecule has 2 atom stereocenters. The van der Waals surface area contributed by atoms with Gasteiger partial charge >= 0.3 is 0 Å². The van der Waals surface area contributed by atoms with Crippen LogP contribution in [0, 0.1) is 5.92 Å². The van der Waals surface area contributed by atoms with Crippen molar-refractivity contribution in [1.29, 1.82) is 0 Å². The second kappa shape index (κ2) is 7.37. The summed E-state index contributed by atoms with van der Waals surface area (Å²) in [6.45, 7) is 3.53. The minimum atomic E-state index is -0.308. The van der Waals surface area contributed by atoms with Gasteiger partial charge in [0.1, 0.15) is 11.1 Å². The number of thiazole rings is 1. The predicted molar refractivity (Wildman–Crippen MR) is 85.7 cm³/mol. The Bertz CT molecular complexity index is 551. The molecule has 8 heteroatoms. The number of ether oxygens (including phenoxy) is 1. The fraction of sp³-hybridized carbons (Fsp3) is 0.667. The van der Waals surface area contributed by atoms with E-state index in [-0.39, 0.29) is 23.8 Å². The van der Waals surface area contributed by atoms with Crippen molar-refractivity contribution in [2.24, 2.45) is 11.7 Å². The van der Waals surface area contributed by atoms with Crippen LogP contribution in [0.5, 0.6) is 0 Å². The zero-order valence-corrected chi connectivity index (χ0v) is 13.8. The number of nitrogens with two attached hydrogens (primary N) is 1. The van der Waals surface area contributed by atoms with Crippen LogP contribution in [-0.2, 0) is 14.3 Å². The highest BCUT2D eigenvalue weighted by Gasteiger charge is 2.30. The topological polar surface area (TPSA) is 88.8 Å². The minimum Gasteiger partial charge on any atom is -0.369 e. The molecule has 7 nitrogen and oxygen atoms in total. The van der Waals surface area contributed by atoms with E-state index in [2.05, 4.69) is 9.88 Å². The summed E-state index contributed by atoms with van der Waals surface area (Å²) >= 11 is 1.57. The first-order valence-corrected chi connectivity index (χ1v) is 8.82. The number of hydrogen-bond donors (Lipinski definition) is 1. The van der Waals surface area contributed by atoms with Crippen molar-refractivity contribution in [3.63, 3.8) is 0 Å². The number of rotatable bonds is 4. The molecule has 0 saturated carbocycles. The van der Waals surface area contributed by atoms with Crippen LogP contribution in [0.25, 0.3) is 0 Å². The molecule has 2 unspecified atom stereocenters. The second-order valence-corrected chi connectivity index (χ2v) is 6.97. The highest BCUT2D eigenvalue weighted by atomic mass is 32.1. The number of nitrogens with zero attached hydrogens (tertiary/aromatic N) is 3. The lowest BCUT2D eigenvalue weighted by Crippen LogP contribution is -2.49. The predicted octanol–water partition coefficient (Wildman–Crippen LogP) is 0.240. The molecule has 0 spiro atoms. The molecule has 0 bridgehead atoms. The Morgan fingerprint density at radius 3 is 3.00 bits per heavy atom. The molecule has 1 aromatic rings. The molecule has 2 N–H and O–H groups in total. The summed E-state index contributed by atoms with van der Waals surface area (Å²) < 4.78 is 5.75. The molecule has 2 fully saturated rings. The molecule has 2 amide bonds. The molecule has 23 heavy (non-hydrogen) atoms. The summed E-state index contributed by atoms with van der Waals surface area (Å²) in [7, 11) is 0. The largest absolute Gasteiger partial charge is 0.369 e. The normalized spacial score (nSPS) is 26.2. The van der Waals surface area contributed by atoms with Crippen LogP contribution in [-0.4, -0.2) is 65.9 Å². The number of carbonyl (C=O) groups is 2. The maximum Gasteiger partial charge on any atom is 0.236 e. The minimum absolute atomic E-state index is 0.0590.